The lowest BCUT2D eigenvalue weighted by molar-refractivity contribution is 0.392. The first kappa shape index (κ1) is 14.4. The molecule has 0 aliphatic heterocycles. The highest BCUT2D eigenvalue weighted by atomic mass is 16.5. The fourth-order valence-corrected chi connectivity index (χ4v) is 4.46. The third-order valence-corrected chi connectivity index (χ3v) is 5.53. The Morgan fingerprint density at radius 2 is 1.84 bits per heavy atom. The van der Waals surface area contributed by atoms with Crippen LogP contribution in [0.4, 0.5) is 0 Å². The maximum absolute atomic E-state index is 10.8. The molecule has 0 spiro atoms. The molecule has 128 valence electrons. The average molecular weight is 338 g/mol. The van der Waals surface area contributed by atoms with E-state index in [0.29, 0.717) is 23.3 Å². The lowest BCUT2D eigenvalue weighted by Crippen LogP contribution is -2.01. The summed E-state index contributed by atoms with van der Waals surface area (Å²) in [5, 5.41) is 25.6. The number of ether oxygens (including phenoxy) is 1. The van der Waals surface area contributed by atoms with E-state index >= 15 is 0 Å². The Hall–Kier alpha value is -2.96. The van der Waals surface area contributed by atoms with E-state index in [4.69, 9.17) is 4.74 Å². The van der Waals surface area contributed by atoms with E-state index in [-0.39, 0.29) is 11.8 Å². The second-order valence-corrected chi connectivity index (χ2v) is 6.71. The Bertz CT molecular complexity index is 928. The van der Waals surface area contributed by atoms with Gasteiger partial charge in [0.15, 0.2) is 0 Å². The van der Waals surface area contributed by atoms with Crippen molar-refractivity contribution in [1.82, 2.24) is 19.3 Å². The predicted molar refractivity (Wildman–Crippen MR) is 89.9 cm³/mol. The molecule has 5 rings (SSSR count). The molecule has 2 atom stereocenters. The molecule has 0 amide bonds. The van der Waals surface area contributed by atoms with Crippen molar-refractivity contribution in [2.24, 2.45) is 0 Å². The van der Waals surface area contributed by atoms with Gasteiger partial charge in [-0.2, -0.15) is 5.10 Å². The second kappa shape index (κ2) is 5.02. The van der Waals surface area contributed by atoms with Gasteiger partial charge in [-0.15, -0.1) is 0 Å². The van der Waals surface area contributed by atoms with Crippen molar-refractivity contribution in [3.8, 4) is 28.9 Å². The molecule has 0 unspecified atom stereocenters. The van der Waals surface area contributed by atoms with E-state index in [2.05, 4.69) is 10.1 Å². The first-order valence-electron chi connectivity index (χ1n) is 8.39. The number of benzene rings is 1. The van der Waals surface area contributed by atoms with Gasteiger partial charge in [-0.05, 0) is 43.2 Å². The quantitative estimate of drug-likeness (QED) is 0.767. The molecule has 0 radical (unpaired) electrons. The second-order valence-electron chi connectivity index (χ2n) is 6.71. The zero-order valence-corrected chi connectivity index (χ0v) is 13.8. The Labute approximate surface area is 144 Å². The molecule has 3 aromatic rings. The normalized spacial score (nSPS) is 20.8. The van der Waals surface area contributed by atoms with E-state index in [1.807, 2.05) is 12.1 Å². The fourth-order valence-electron chi connectivity index (χ4n) is 4.46. The highest BCUT2D eigenvalue weighted by molar-refractivity contribution is 5.61. The molecule has 2 aliphatic carbocycles. The summed E-state index contributed by atoms with van der Waals surface area (Å²) in [4.78, 5) is 3.95. The van der Waals surface area contributed by atoms with Crippen molar-refractivity contribution in [3.63, 3.8) is 0 Å². The Kier molecular flexibility index (Phi) is 2.89. The number of aromatic hydroxyl groups is 2. The largest absolute Gasteiger partial charge is 0.494 e. The smallest absolute Gasteiger partial charge is 0.202 e. The molecule has 1 saturated carbocycles. The molecule has 2 bridgehead atoms. The zero-order valence-electron chi connectivity index (χ0n) is 13.8. The highest BCUT2D eigenvalue weighted by Gasteiger charge is 2.44. The Morgan fingerprint density at radius 3 is 2.44 bits per heavy atom. The molecule has 2 N–H and O–H groups in total. The SMILES string of the molecule is COc1cc(-n2c(O)c3c(c2O)[C@H]2CC[C@@H]3C2)ccc1-n1cncn1. The van der Waals surface area contributed by atoms with Gasteiger partial charge in [-0.1, -0.05) is 0 Å². The van der Waals surface area contributed by atoms with Crippen LogP contribution in [0.5, 0.6) is 17.5 Å². The van der Waals surface area contributed by atoms with Crippen molar-refractivity contribution in [3.05, 3.63) is 42.0 Å². The summed E-state index contributed by atoms with van der Waals surface area (Å²) in [6.07, 6.45) is 6.26. The van der Waals surface area contributed by atoms with Gasteiger partial charge in [0.05, 0.1) is 12.8 Å². The van der Waals surface area contributed by atoms with Crippen LogP contribution in [0.15, 0.2) is 30.9 Å². The van der Waals surface area contributed by atoms with E-state index in [9.17, 15) is 10.2 Å². The number of rotatable bonds is 3. The Balaban J connectivity index is 1.66. The number of fused-ring (bicyclic) bond motifs is 5. The van der Waals surface area contributed by atoms with Crippen LogP contribution in [0.2, 0.25) is 0 Å². The minimum Gasteiger partial charge on any atom is -0.494 e. The van der Waals surface area contributed by atoms with E-state index in [1.54, 1.807) is 24.2 Å². The number of aromatic nitrogens is 4. The minimum absolute atomic E-state index is 0.148. The van der Waals surface area contributed by atoms with E-state index in [1.165, 1.54) is 10.9 Å². The van der Waals surface area contributed by atoms with Gasteiger partial charge in [0.25, 0.3) is 0 Å². The molecule has 7 nitrogen and oxygen atoms in total. The number of nitrogens with zero attached hydrogens (tertiary/aromatic N) is 4. The van der Waals surface area contributed by atoms with Gasteiger partial charge in [-0.3, -0.25) is 4.57 Å². The van der Waals surface area contributed by atoms with Gasteiger partial charge < -0.3 is 14.9 Å². The zero-order chi connectivity index (χ0) is 17.1. The van der Waals surface area contributed by atoms with Crippen LogP contribution >= 0.6 is 0 Å². The number of hydrogen-bond acceptors (Lipinski definition) is 5. The van der Waals surface area contributed by atoms with Crippen molar-refractivity contribution in [1.29, 1.82) is 0 Å². The van der Waals surface area contributed by atoms with Crippen LogP contribution in [0.25, 0.3) is 11.4 Å². The maximum atomic E-state index is 10.8. The molecular weight excluding hydrogens is 320 g/mol. The first-order valence-corrected chi connectivity index (χ1v) is 8.39. The summed E-state index contributed by atoms with van der Waals surface area (Å²) in [5.41, 5.74) is 3.24. The van der Waals surface area contributed by atoms with Crippen molar-refractivity contribution >= 4 is 0 Å². The summed E-state index contributed by atoms with van der Waals surface area (Å²) in [6.45, 7) is 0. The van der Waals surface area contributed by atoms with E-state index < -0.39 is 0 Å². The van der Waals surface area contributed by atoms with Crippen LogP contribution in [0.3, 0.4) is 0 Å². The molecule has 7 heteroatoms. The van der Waals surface area contributed by atoms with Gasteiger partial charge >= 0.3 is 0 Å². The first-order chi connectivity index (χ1) is 12.2. The van der Waals surface area contributed by atoms with Gasteiger partial charge in [0.2, 0.25) is 11.8 Å². The lowest BCUT2D eigenvalue weighted by atomic mass is 9.95. The summed E-state index contributed by atoms with van der Waals surface area (Å²) in [5.74, 6) is 1.61. The minimum atomic E-state index is 0.148. The standard InChI is InChI=1S/C18H18N4O3/c1-25-14-7-12(4-5-13(14)21-9-19-8-20-21)22-17(23)15-10-2-3-11(6-10)16(15)18(22)24/h4-5,7-11,23-24H,2-3,6H2,1H3/t10-,11+. The van der Waals surface area contributed by atoms with Crippen LogP contribution in [0.1, 0.15) is 42.2 Å². The summed E-state index contributed by atoms with van der Waals surface area (Å²) in [6, 6.07) is 5.45. The molecule has 25 heavy (non-hydrogen) atoms. The predicted octanol–water partition coefficient (Wildman–Crippen LogP) is 2.84. The van der Waals surface area contributed by atoms with Crippen molar-refractivity contribution in [2.45, 2.75) is 31.1 Å². The van der Waals surface area contributed by atoms with Gasteiger partial charge in [-0.25, -0.2) is 9.67 Å². The molecular formula is C18H18N4O3. The van der Waals surface area contributed by atoms with Crippen molar-refractivity contribution < 1.29 is 14.9 Å². The van der Waals surface area contributed by atoms with Crippen LogP contribution in [0, 0.1) is 0 Å². The monoisotopic (exact) mass is 338 g/mol. The summed E-state index contributed by atoms with van der Waals surface area (Å²) in [7, 11) is 1.58. The topological polar surface area (TPSA) is 85.3 Å². The number of hydrogen-bond donors (Lipinski definition) is 2. The van der Waals surface area contributed by atoms with Gasteiger partial charge in [0.1, 0.15) is 24.1 Å². The molecule has 2 aliphatic rings. The third kappa shape index (κ3) is 1.86. The molecule has 1 aromatic carbocycles. The lowest BCUT2D eigenvalue weighted by Gasteiger charge is -2.13. The van der Waals surface area contributed by atoms with Crippen LogP contribution < -0.4 is 4.74 Å². The molecule has 1 fully saturated rings. The molecule has 2 heterocycles. The Morgan fingerprint density at radius 1 is 1.12 bits per heavy atom. The summed E-state index contributed by atoms with van der Waals surface area (Å²) < 4.78 is 8.60. The van der Waals surface area contributed by atoms with Crippen molar-refractivity contribution in [2.75, 3.05) is 7.11 Å². The fraction of sp³-hybridized carbons (Fsp3) is 0.333. The number of methoxy groups -OCH3 is 1. The van der Waals surface area contributed by atoms with Crippen LogP contribution in [-0.4, -0.2) is 36.7 Å². The highest BCUT2D eigenvalue weighted by Crippen LogP contribution is 2.60. The van der Waals surface area contributed by atoms with Crippen LogP contribution in [-0.2, 0) is 0 Å². The molecule has 0 saturated heterocycles. The summed E-state index contributed by atoms with van der Waals surface area (Å²) >= 11 is 0. The van der Waals surface area contributed by atoms with Gasteiger partial charge in [0, 0.05) is 17.2 Å². The maximum Gasteiger partial charge on any atom is 0.202 e. The van der Waals surface area contributed by atoms with E-state index in [0.717, 1.165) is 36.1 Å². The average Bonchev–Trinajstić information content (AvgIpc) is 3.39. The third-order valence-electron chi connectivity index (χ3n) is 5.53. The molecule has 2 aromatic heterocycles.